The molecular weight excluding hydrogens is 402 g/mol. The number of hydrogen-bond donors (Lipinski definition) is 1. The maximum absolute atomic E-state index is 11.5. The first-order chi connectivity index (χ1) is 15.4. The van der Waals surface area contributed by atoms with E-state index in [4.69, 9.17) is 15.5 Å². The molecule has 1 aromatic heterocycles. The van der Waals surface area contributed by atoms with Crippen LogP contribution in [0.2, 0.25) is 0 Å². The lowest BCUT2D eigenvalue weighted by Crippen LogP contribution is -2.38. The summed E-state index contributed by atoms with van der Waals surface area (Å²) in [5.74, 6) is 0.190. The predicted molar refractivity (Wildman–Crippen MR) is 125 cm³/mol. The Morgan fingerprint density at radius 2 is 2.00 bits per heavy atom. The molecule has 1 aliphatic rings. The number of hydrogen-bond acceptors (Lipinski definition) is 6. The van der Waals surface area contributed by atoms with Crippen LogP contribution in [0.1, 0.15) is 33.3 Å². The van der Waals surface area contributed by atoms with Crippen LogP contribution in [0.3, 0.4) is 0 Å². The van der Waals surface area contributed by atoms with Gasteiger partial charge in [0.15, 0.2) is 0 Å². The van der Waals surface area contributed by atoms with Crippen molar-refractivity contribution in [2.24, 2.45) is 5.73 Å². The number of primary amides is 1. The van der Waals surface area contributed by atoms with Crippen LogP contribution in [-0.4, -0.2) is 54.6 Å². The van der Waals surface area contributed by atoms with E-state index < -0.39 is 5.91 Å². The predicted octanol–water partition coefficient (Wildman–Crippen LogP) is 3.19. The SMILES string of the molecule is Cc1cccc(CN2CCO[C@@H](c3nc(N(C)C)ncc3-c3ccc(C(N)=O)cc3)C2)c1. The molecule has 1 fully saturated rings. The minimum absolute atomic E-state index is 0.180. The van der Waals surface area contributed by atoms with E-state index >= 15 is 0 Å². The van der Waals surface area contributed by atoms with E-state index in [9.17, 15) is 4.79 Å². The van der Waals surface area contributed by atoms with Gasteiger partial charge in [0, 0.05) is 51.1 Å². The van der Waals surface area contributed by atoms with Crippen molar-refractivity contribution in [1.82, 2.24) is 14.9 Å². The van der Waals surface area contributed by atoms with Gasteiger partial charge in [-0.15, -0.1) is 0 Å². The highest BCUT2D eigenvalue weighted by Gasteiger charge is 2.27. The van der Waals surface area contributed by atoms with Gasteiger partial charge in [-0.1, -0.05) is 42.0 Å². The van der Waals surface area contributed by atoms with Crippen LogP contribution in [0.25, 0.3) is 11.1 Å². The van der Waals surface area contributed by atoms with Crippen LogP contribution in [-0.2, 0) is 11.3 Å². The molecule has 1 saturated heterocycles. The topological polar surface area (TPSA) is 84.6 Å². The summed E-state index contributed by atoms with van der Waals surface area (Å²) in [6, 6.07) is 15.8. The molecule has 1 atom stereocenters. The summed E-state index contributed by atoms with van der Waals surface area (Å²) >= 11 is 0. The number of carbonyl (C=O) groups excluding carboxylic acids is 1. The number of nitrogens with zero attached hydrogens (tertiary/aromatic N) is 4. The van der Waals surface area contributed by atoms with Gasteiger partial charge in [-0.05, 0) is 30.2 Å². The largest absolute Gasteiger partial charge is 0.369 e. The molecule has 7 nitrogen and oxygen atoms in total. The van der Waals surface area contributed by atoms with Crippen molar-refractivity contribution in [3.8, 4) is 11.1 Å². The molecule has 0 radical (unpaired) electrons. The van der Waals surface area contributed by atoms with Crippen molar-refractivity contribution in [2.75, 3.05) is 38.7 Å². The normalized spacial score (nSPS) is 16.7. The maximum Gasteiger partial charge on any atom is 0.248 e. The summed E-state index contributed by atoms with van der Waals surface area (Å²) in [7, 11) is 3.85. The Morgan fingerprint density at radius 3 is 2.69 bits per heavy atom. The lowest BCUT2D eigenvalue weighted by Gasteiger charge is -2.33. The number of aromatic nitrogens is 2. The van der Waals surface area contributed by atoms with Gasteiger partial charge in [-0.25, -0.2) is 9.97 Å². The summed E-state index contributed by atoms with van der Waals surface area (Å²) in [5, 5.41) is 0. The van der Waals surface area contributed by atoms with Gasteiger partial charge >= 0.3 is 0 Å². The lowest BCUT2D eigenvalue weighted by atomic mass is 10.00. The number of aryl methyl sites for hydroxylation is 1. The fourth-order valence-electron chi connectivity index (χ4n) is 3.96. The molecule has 0 bridgehead atoms. The van der Waals surface area contributed by atoms with E-state index in [0.29, 0.717) is 18.1 Å². The third-order valence-corrected chi connectivity index (χ3v) is 5.63. The highest BCUT2D eigenvalue weighted by molar-refractivity contribution is 5.93. The maximum atomic E-state index is 11.5. The average Bonchev–Trinajstić information content (AvgIpc) is 2.79. The van der Waals surface area contributed by atoms with Gasteiger partial charge in [0.25, 0.3) is 0 Å². The Balaban J connectivity index is 1.64. The molecule has 0 saturated carbocycles. The van der Waals surface area contributed by atoms with Crippen LogP contribution < -0.4 is 10.6 Å². The van der Waals surface area contributed by atoms with Crippen LogP contribution in [0.4, 0.5) is 5.95 Å². The molecule has 1 amide bonds. The standard InChI is InChI=1S/C25H29N5O2/c1-17-5-4-6-18(13-17)15-30-11-12-32-22(16-30)23-21(14-27-25(28-23)29(2)3)19-7-9-20(10-8-19)24(26)31/h4-10,13-14,22H,11-12,15-16H2,1-3H3,(H2,26,31)/t22-/m1/s1. The number of nitrogens with two attached hydrogens (primary N) is 1. The number of anilines is 1. The molecule has 0 unspecified atom stereocenters. The second kappa shape index (κ2) is 9.46. The van der Waals surface area contributed by atoms with Crippen molar-refractivity contribution < 1.29 is 9.53 Å². The van der Waals surface area contributed by atoms with Crippen LogP contribution >= 0.6 is 0 Å². The van der Waals surface area contributed by atoms with E-state index in [1.807, 2.05) is 37.3 Å². The smallest absolute Gasteiger partial charge is 0.248 e. The quantitative estimate of drug-likeness (QED) is 0.645. The molecule has 2 N–H and O–H groups in total. The lowest BCUT2D eigenvalue weighted by molar-refractivity contribution is -0.0347. The monoisotopic (exact) mass is 431 g/mol. The Hall–Kier alpha value is -3.29. The van der Waals surface area contributed by atoms with Gasteiger partial charge in [-0.3, -0.25) is 9.69 Å². The van der Waals surface area contributed by atoms with Gasteiger partial charge in [0.05, 0.1) is 12.3 Å². The Labute approximate surface area is 188 Å². The molecule has 32 heavy (non-hydrogen) atoms. The molecule has 2 heterocycles. The van der Waals surface area contributed by atoms with E-state index in [-0.39, 0.29) is 6.10 Å². The molecule has 166 valence electrons. The van der Waals surface area contributed by atoms with Crippen LogP contribution in [0.15, 0.2) is 54.7 Å². The van der Waals surface area contributed by atoms with Crippen molar-refractivity contribution >= 4 is 11.9 Å². The van der Waals surface area contributed by atoms with E-state index in [2.05, 4.69) is 41.1 Å². The van der Waals surface area contributed by atoms with Crippen LogP contribution in [0, 0.1) is 6.92 Å². The second-order valence-corrected chi connectivity index (χ2v) is 8.39. The number of amides is 1. The van der Waals surface area contributed by atoms with Crippen molar-refractivity contribution in [1.29, 1.82) is 0 Å². The number of ether oxygens (including phenoxy) is 1. The molecule has 0 aliphatic carbocycles. The molecular formula is C25H29N5O2. The van der Waals surface area contributed by atoms with Crippen molar-refractivity contribution in [3.05, 3.63) is 77.1 Å². The summed E-state index contributed by atoms with van der Waals surface area (Å²) < 4.78 is 6.19. The van der Waals surface area contributed by atoms with Gasteiger partial charge in [0.1, 0.15) is 6.10 Å². The second-order valence-electron chi connectivity index (χ2n) is 8.39. The minimum atomic E-state index is -0.446. The number of carbonyl (C=O) groups is 1. The number of rotatable bonds is 6. The zero-order valence-corrected chi connectivity index (χ0v) is 18.8. The average molecular weight is 432 g/mol. The zero-order chi connectivity index (χ0) is 22.7. The molecule has 2 aromatic carbocycles. The van der Waals surface area contributed by atoms with Gasteiger partial charge in [0.2, 0.25) is 11.9 Å². The summed E-state index contributed by atoms with van der Waals surface area (Å²) in [6.45, 7) is 5.24. The Bertz CT molecular complexity index is 1100. The number of morpholine rings is 1. The molecule has 0 spiro atoms. The number of benzene rings is 2. The van der Waals surface area contributed by atoms with E-state index in [1.54, 1.807) is 12.1 Å². The van der Waals surface area contributed by atoms with Crippen LogP contribution in [0.5, 0.6) is 0 Å². The molecule has 4 rings (SSSR count). The fourth-order valence-corrected chi connectivity index (χ4v) is 3.96. The third kappa shape index (κ3) is 4.95. The fraction of sp³-hybridized carbons (Fsp3) is 0.320. The molecule has 1 aliphatic heterocycles. The van der Waals surface area contributed by atoms with Gasteiger partial charge in [-0.2, -0.15) is 0 Å². The van der Waals surface area contributed by atoms with E-state index in [0.717, 1.165) is 36.5 Å². The first-order valence-corrected chi connectivity index (χ1v) is 10.7. The minimum Gasteiger partial charge on any atom is -0.369 e. The molecule has 3 aromatic rings. The summed E-state index contributed by atoms with van der Waals surface area (Å²) in [5.41, 5.74) is 11.1. The molecule has 7 heteroatoms. The Kier molecular flexibility index (Phi) is 6.48. The first kappa shape index (κ1) is 21.9. The van der Waals surface area contributed by atoms with E-state index in [1.165, 1.54) is 11.1 Å². The Morgan fingerprint density at radius 1 is 1.22 bits per heavy atom. The first-order valence-electron chi connectivity index (χ1n) is 10.7. The summed E-state index contributed by atoms with van der Waals surface area (Å²) in [6.07, 6.45) is 1.65. The highest BCUT2D eigenvalue weighted by Crippen LogP contribution is 2.32. The highest BCUT2D eigenvalue weighted by atomic mass is 16.5. The van der Waals surface area contributed by atoms with Crippen molar-refractivity contribution in [3.63, 3.8) is 0 Å². The third-order valence-electron chi connectivity index (χ3n) is 5.63. The zero-order valence-electron chi connectivity index (χ0n) is 18.8. The van der Waals surface area contributed by atoms with Gasteiger partial charge < -0.3 is 15.4 Å². The summed E-state index contributed by atoms with van der Waals surface area (Å²) in [4.78, 5) is 25.1. The van der Waals surface area contributed by atoms with Crippen molar-refractivity contribution in [2.45, 2.75) is 19.6 Å².